The maximum absolute atomic E-state index is 11.7. The second-order valence-corrected chi connectivity index (χ2v) is 4.90. The lowest BCUT2D eigenvalue weighted by atomic mass is 10.2. The molecule has 0 aromatic rings. The number of likely N-dealkylation sites (N-methyl/N-ethyl adjacent to an activating group) is 1. The second-order valence-electron chi connectivity index (χ2n) is 4.90. The molecule has 7 nitrogen and oxygen atoms in total. The molecule has 0 saturated carbocycles. The van der Waals surface area contributed by atoms with Crippen LogP contribution in [0.2, 0.25) is 0 Å². The van der Waals surface area contributed by atoms with Gasteiger partial charge in [-0.15, -0.1) is 0 Å². The fraction of sp³-hybridized carbons (Fsp3) is 0.727. The molecule has 7 heteroatoms. The highest BCUT2D eigenvalue weighted by atomic mass is 16.5. The van der Waals surface area contributed by atoms with Crippen molar-refractivity contribution in [1.82, 2.24) is 0 Å². The van der Waals surface area contributed by atoms with Crippen molar-refractivity contribution in [3.05, 3.63) is 0 Å². The summed E-state index contributed by atoms with van der Waals surface area (Å²) in [5.41, 5.74) is 0. The highest BCUT2D eigenvalue weighted by Gasteiger charge is 2.29. The van der Waals surface area contributed by atoms with Crippen LogP contribution in [0.3, 0.4) is 0 Å². The van der Waals surface area contributed by atoms with Gasteiger partial charge in [0.2, 0.25) is 0 Å². The molecular formula is C11H20NO6+. The maximum atomic E-state index is 11.7. The van der Waals surface area contributed by atoms with Gasteiger partial charge in [0.25, 0.3) is 0 Å². The van der Waals surface area contributed by atoms with Gasteiger partial charge in [0.05, 0.1) is 27.6 Å². The van der Waals surface area contributed by atoms with Crippen molar-refractivity contribution in [2.45, 2.75) is 19.4 Å². The summed E-state index contributed by atoms with van der Waals surface area (Å²) in [5, 5.41) is 17.6. The van der Waals surface area contributed by atoms with Gasteiger partial charge in [-0.25, -0.2) is 0 Å². The number of carbonyl (C=O) groups excluding carboxylic acids is 1. The van der Waals surface area contributed by atoms with Crippen molar-refractivity contribution >= 4 is 17.9 Å². The lowest BCUT2D eigenvalue weighted by molar-refractivity contribution is -0.873. The average molecular weight is 265 g/mol. The number of carbonyl (C=O) groups is 3. The largest absolute Gasteiger partial charge is 0.481 e. The minimum absolute atomic E-state index is 0.103. The molecule has 0 heterocycles. The molecule has 0 spiro atoms. The molecule has 0 aromatic heterocycles. The van der Waals surface area contributed by atoms with E-state index in [4.69, 9.17) is 19.1 Å². The zero-order chi connectivity index (χ0) is 17.0. The van der Waals surface area contributed by atoms with Gasteiger partial charge in [0.15, 0.2) is 12.0 Å². The average Bonchev–Trinajstić information content (AvgIpc) is 2.08. The van der Waals surface area contributed by atoms with Crippen LogP contribution in [0.1, 0.15) is 17.4 Å². The number of esters is 1. The first-order valence-corrected chi connectivity index (χ1v) is 5.19. The predicted molar refractivity (Wildman–Crippen MR) is 61.8 cm³/mol. The first kappa shape index (κ1) is 11.5. The van der Waals surface area contributed by atoms with Crippen LogP contribution in [-0.4, -0.2) is 66.4 Å². The Morgan fingerprint density at radius 3 is 2.17 bits per heavy atom. The van der Waals surface area contributed by atoms with Crippen LogP contribution >= 0.6 is 0 Å². The van der Waals surface area contributed by atoms with E-state index < -0.39 is 43.2 Å². The summed E-state index contributed by atoms with van der Waals surface area (Å²) in [6, 6.07) is 0. The fourth-order valence-electron chi connectivity index (χ4n) is 1.28. The summed E-state index contributed by atoms with van der Waals surface area (Å²) in [6.45, 7) is -2.96. The molecule has 0 bridgehead atoms. The molecule has 2 unspecified atom stereocenters. The number of hydrogen-bond donors (Lipinski definition) is 2. The van der Waals surface area contributed by atoms with E-state index in [1.165, 1.54) is 0 Å². The van der Waals surface area contributed by atoms with Crippen LogP contribution < -0.4 is 0 Å². The van der Waals surface area contributed by atoms with Gasteiger partial charge < -0.3 is 19.4 Å². The lowest BCUT2D eigenvalue weighted by Gasteiger charge is -2.28. The summed E-state index contributed by atoms with van der Waals surface area (Å²) in [4.78, 5) is 33.4. The van der Waals surface area contributed by atoms with E-state index in [1.807, 2.05) is 0 Å². The number of aliphatic carboxylic acids is 2. The number of rotatable bonds is 7. The number of carboxylic acid groups (broad SMARTS) is 2. The zero-order valence-corrected chi connectivity index (χ0v) is 10.5. The molecule has 2 atom stereocenters. The van der Waals surface area contributed by atoms with Crippen LogP contribution in [0.15, 0.2) is 0 Å². The molecule has 18 heavy (non-hydrogen) atoms. The van der Waals surface area contributed by atoms with Gasteiger partial charge in [0.1, 0.15) is 6.54 Å². The minimum Gasteiger partial charge on any atom is -0.481 e. The lowest BCUT2D eigenvalue weighted by Crippen LogP contribution is -2.44. The van der Waals surface area contributed by atoms with Crippen molar-refractivity contribution in [3.63, 3.8) is 0 Å². The Morgan fingerprint density at radius 1 is 1.28 bits per heavy atom. The zero-order valence-electron chi connectivity index (χ0n) is 13.5. The molecule has 0 aliphatic heterocycles. The van der Waals surface area contributed by atoms with Crippen molar-refractivity contribution in [3.8, 4) is 0 Å². The predicted octanol–water partition coefficient (Wildman–Crippen LogP) is -0.200. The van der Waals surface area contributed by atoms with Crippen molar-refractivity contribution in [1.29, 1.82) is 0 Å². The second kappa shape index (κ2) is 6.34. The molecule has 0 saturated heterocycles. The third-order valence-corrected chi connectivity index (χ3v) is 1.92. The minimum atomic E-state index is -3.06. The molecule has 2 N–H and O–H groups in total. The van der Waals surface area contributed by atoms with Crippen LogP contribution in [0.5, 0.6) is 0 Å². The quantitative estimate of drug-likeness (QED) is 0.375. The van der Waals surface area contributed by atoms with Gasteiger partial charge >= 0.3 is 17.9 Å². The molecule has 0 aliphatic carbocycles. The van der Waals surface area contributed by atoms with Crippen LogP contribution in [0, 0.1) is 5.92 Å². The highest BCUT2D eigenvalue weighted by molar-refractivity contribution is 5.93. The van der Waals surface area contributed by atoms with Crippen LogP contribution in [0.25, 0.3) is 0 Å². The molecule has 104 valence electrons. The molecule has 0 fully saturated rings. The molecule has 0 radical (unpaired) electrons. The standard InChI is InChI=1S/C11H19NO6/c1-7(10(15)16)11(17)18-8(5-9(13)14)6-12(2,3)4/h7-8H,5-6H2,1-4H3,(H-,13,14,15,16)/p+1/i1D3. The Labute approximate surface area is 110 Å². The topological polar surface area (TPSA) is 101 Å². The van der Waals surface area contributed by atoms with Gasteiger partial charge in [0, 0.05) is 4.11 Å². The number of quaternary nitrogens is 1. The number of carboxylic acids is 2. The van der Waals surface area contributed by atoms with Gasteiger partial charge in [-0.2, -0.15) is 0 Å². The van der Waals surface area contributed by atoms with E-state index in [2.05, 4.69) is 0 Å². The number of hydrogen-bond acceptors (Lipinski definition) is 4. The van der Waals surface area contributed by atoms with Gasteiger partial charge in [-0.3, -0.25) is 14.4 Å². The van der Waals surface area contributed by atoms with Crippen molar-refractivity contribution < 1.29 is 37.9 Å². The van der Waals surface area contributed by atoms with Gasteiger partial charge in [-0.1, -0.05) is 0 Å². The fourth-order valence-corrected chi connectivity index (χ4v) is 1.28. The first-order chi connectivity index (χ1) is 9.24. The molecule has 0 rings (SSSR count). The van der Waals surface area contributed by atoms with Crippen molar-refractivity contribution in [2.24, 2.45) is 5.92 Å². The Kier molecular flexibility index (Phi) is 4.04. The summed E-state index contributed by atoms with van der Waals surface area (Å²) in [7, 11) is 5.17. The van der Waals surface area contributed by atoms with Crippen molar-refractivity contribution in [2.75, 3.05) is 27.7 Å². The van der Waals surface area contributed by atoms with E-state index in [1.54, 1.807) is 21.1 Å². The normalized spacial score (nSPS) is 17.8. The van der Waals surface area contributed by atoms with Crippen LogP contribution in [-0.2, 0) is 19.1 Å². The smallest absolute Gasteiger partial charge is 0.320 e. The third kappa shape index (κ3) is 6.85. The summed E-state index contributed by atoms with van der Waals surface area (Å²) in [6.07, 6.45) is -1.64. The van der Waals surface area contributed by atoms with E-state index in [0.717, 1.165) is 0 Å². The Hall–Kier alpha value is -1.63. The monoisotopic (exact) mass is 265 g/mol. The van der Waals surface area contributed by atoms with E-state index in [0.29, 0.717) is 0 Å². The highest BCUT2D eigenvalue weighted by Crippen LogP contribution is 2.09. The van der Waals surface area contributed by atoms with Crippen LogP contribution in [0.4, 0.5) is 0 Å². The first-order valence-electron chi connectivity index (χ1n) is 6.69. The number of nitrogens with zero attached hydrogens (tertiary/aromatic N) is 1. The molecule has 0 aromatic carbocycles. The summed E-state index contributed by atoms with van der Waals surface area (Å²) < 4.78 is 26.2. The third-order valence-electron chi connectivity index (χ3n) is 1.92. The van der Waals surface area contributed by atoms with Gasteiger partial charge in [-0.05, 0) is 6.85 Å². The Balaban J connectivity index is 5.09. The Bertz CT molecular complexity index is 415. The maximum Gasteiger partial charge on any atom is 0.320 e. The SMILES string of the molecule is [2H]C([2H])([2H])C(C(=O)O)C(=O)OC(CC(=O)O)C[N+](C)(C)C. The van der Waals surface area contributed by atoms with E-state index >= 15 is 0 Å². The van der Waals surface area contributed by atoms with E-state index in [9.17, 15) is 14.4 Å². The summed E-state index contributed by atoms with van der Waals surface area (Å²) in [5.74, 6) is -6.86. The van der Waals surface area contributed by atoms with E-state index in [-0.39, 0.29) is 11.0 Å². The summed E-state index contributed by atoms with van der Waals surface area (Å²) >= 11 is 0. The Morgan fingerprint density at radius 2 is 1.83 bits per heavy atom. The molecular weight excluding hydrogens is 242 g/mol. The molecule has 0 aliphatic rings. The molecule has 0 amide bonds. The number of ether oxygens (including phenoxy) is 1.